The van der Waals surface area contributed by atoms with Gasteiger partial charge in [0.05, 0.1) is 68.3 Å². The topological polar surface area (TPSA) is 60.4 Å². The number of aromatic nitrogens is 4. The summed E-state index contributed by atoms with van der Waals surface area (Å²) < 4.78 is 4.65. The molecule has 0 spiro atoms. The summed E-state index contributed by atoms with van der Waals surface area (Å²) in [6, 6.07) is 39.6. The van der Waals surface area contributed by atoms with Crippen molar-refractivity contribution in [3.8, 4) is 22.5 Å². The van der Waals surface area contributed by atoms with Gasteiger partial charge in [-0.05, 0) is 99.5 Å². The lowest BCUT2D eigenvalue weighted by atomic mass is 10.0. The average Bonchev–Trinajstić information content (AvgIpc) is 3.91. The Labute approximate surface area is 310 Å². The van der Waals surface area contributed by atoms with E-state index in [4.69, 9.17) is 20.0 Å². The van der Waals surface area contributed by atoms with E-state index in [9.17, 15) is 0 Å². The Hall–Kier alpha value is -5.18. The van der Waals surface area contributed by atoms with Gasteiger partial charge in [0.15, 0.2) is 0 Å². The smallest absolute Gasteiger partial charge is 0.117 e. The van der Waals surface area contributed by atoms with Crippen molar-refractivity contribution in [3.05, 3.63) is 133 Å². The van der Waals surface area contributed by atoms with E-state index in [-0.39, 0.29) is 11.1 Å². The number of hydrogen-bond donors (Lipinski definition) is 0. The van der Waals surface area contributed by atoms with Crippen molar-refractivity contribution >= 4 is 77.2 Å². The molecule has 0 saturated heterocycles. The van der Waals surface area contributed by atoms with Crippen molar-refractivity contribution in [2.75, 3.05) is 11.5 Å². The molecular formula is C44H36N6S2. The predicted octanol–water partition coefficient (Wildman–Crippen LogP) is 10.9. The van der Waals surface area contributed by atoms with Gasteiger partial charge < -0.3 is 9.13 Å². The Morgan fingerprint density at radius 3 is 1.29 bits per heavy atom. The monoisotopic (exact) mass is 712 g/mol. The molecule has 0 fully saturated rings. The lowest BCUT2D eigenvalue weighted by Crippen LogP contribution is -2.15. The van der Waals surface area contributed by atoms with Crippen LogP contribution in [0.3, 0.4) is 0 Å². The summed E-state index contributed by atoms with van der Waals surface area (Å²) in [4.78, 5) is 19.6. The Morgan fingerprint density at radius 2 is 0.904 bits per heavy atom. The zero-order valence-corrected chi connectivity index (χ0v) is 31.1. The SMILES string of the molecule is CC1(C)CSC(c2ccc(-n3c4ccccc4c4cc(-c5ccc6c(c5)c5ccccc5n6-c5ccc(C6=NC(C)(C)CS6)nc5)ccc43)cn2)=N1. The first-order valence-corrected chi connectivity index (χ1v) is 19.6. The molecule has 8 heteroatoms. The molecule has 4 aromatic heterocycles. The molecule has 52 heavy (non-hydrogen) atoms. The molecule has 10 rings (SSSR count). The molecule has 0 amide bonds. The largest absolute Gasteiger partial charge is 0.308 e. The van der Waals surface area contributed by atoms with Crippen LogP contribution in [0.25, 0.3) is 66.1 Å². The molecule has 0 aliphatic carbocycles. The van der Waals surface area contributed by atoms with Crippen LogP contribution in [0.2, 0.25) is 0 Å². The highest BCUT2D eigenvalue weighted by Gasteiger charge is 2.28. The molecule has 8 aromatic rings. The maximum Gasteiger partial charge on any atom is 0.117 e. The van der Waals surface area contributed by atoms with E-state index in [2.05, 4.69) is 146 Å². The van der Waals surface area contributed by atoms with Crippen LogP contribution in [-0.2, 0) is 0 Å². The quantitative estimate of drug-likeness (QED) is 0.178. The standard InChI is InChI=1S/C44H36N6S2/c1-43(2)25-51-41(47-43)35-17-15-29(23-45-35)49-37-11-7-5-9-31(37)33-21-27(13-19-39(33)49)28-14-20-40-34(22-28)32-10-6-8-12-38(32)50(40)30-16-18-36(46-24-30)42-48-44(3,4)26-52-42/h5-24H,25-26H2,1-4H3. The van der Waals surface area contributed by atoms with Crippen LogP contribution in [0.1, 0.15) is 39.1 Å². The number of hydrogen-bond acceptors (Lipinski definition) is 6. The van der Waals surface area contributed by atoms with Crippen molar-refractivity contribution < 1.29 is 0 Å². The minimum absolute atomic E-state index is 0.0432. The van der Waals surface area contributed by atoms with E-state index in [1.807, 2.05) is 12.4 Å². The number of rotatable bonds is 5. The number of aliphatic imine (C=N–C) groups is 2. The van der Waals surface area contributed by atoms with E-state index in [1.54, 1.807) is 23.5 Å². The Kier molecular flexibility index (Phi) is 7.08. The van der Waals surface area contributed by atoms with Gasteiger partial charge in [0, 0.05) is 33.1 Å². The summed E-state index contributed by atoms with van der Waals surface area (Å²) in [5.41, 5.74) is 10.9. The summed E-state index contributed by atoms with van der Waals surface area (Å²) >= 11 is 3.58. The molecule has 0 atom stereocenters. The van der Waals surface area contributed by atoms with E-state index >= 15 is 0 Å². The lowest BCUT2D eigenvalue weighted by molar-refractivity contribution is 0.604. The molecule has 2 aliphatic rings. The molecule has 4 aromatic carbocycles. The molecule has 0 unspecified atom stereocenters. The van der Waals surface area contributed by atoms with Crippen LogP contribution in [0.15, 0.2) is 132 Å². The second-order valence-electron chi connectivity index (χ2n) is 15.0. The molecule has 0 radical (unpaired) electrons. The minimum Gasteiger partial charge on any atom is -0.308 e. The van der Waals surface area contributed by atoms with Crippen LogP contribution in [0.5, 0.6) is 0 Å². The van der Waals surface area contributed by atoms with Gasteiger partial charge in [-0.1, -0.05) is 48.5 Å². The van der Waals surface area contributed by atoms with Crippen LogP contribution in [-0.4, -0.2) is 51.8 Å². The summed E-state index contributed by atoms with van der Waals surface area (Å²) in [7, 11) is 0. The van der Waals surface area contributed by atoms with Gasteiger partial charge in [-0.15, -0.1) is 23.5 Å². The van der Waals surface area contributed by atoms with Gasteiger partial charge in [0.25, 0.3) is 0 Å². The number of benzene rings is 4. The number of thioether (sulfide) groups is 2. The summed E-state index contributed by atoms with van der Waals surface area (Å²) in [5, 5.41) is 6.93. The number of nitrogens with zero attached hydrogens (tertiary/aromatic N) is 6. The highest BCUT2D eigenvalue weighted by Crippen LogP contribution is 2.39. The zero-order valence-electron chi connectivity index (χ0n) is 29.5. The predicted molar refractivity (Wildman–Crippen MR) is 222 cm³/mol. The van der Waals surface area contributed by atoms with E-state index < -0.39 is 0 Å². The fourth-order valence-electron chi connectivity index (χ4n) is 7.58. The van der Waals surface area contributed by atoms with Gasteiger partial charge in [-0.25, -0.2) is 0 Å². The Morgan fingerprint density at radius 1 is 0.481 bits per heavy atom. The van der Waals surface area contributed by atoms with Crippen molar-refractivity contribution in [2.45, 2.75) is 38.8 Å². The number of fused-ring (bicyclic) bond motifs is 6. The molecule has 6 heterocycles. The molecule has 0 N–H and O–H groups in total. The third-order valence-corrected chi connectivity index (χ3v) is 12.9. The third kappa shape index (κ3) is 5.19. The van der Waals surface area contributed by atoms with E-state index in [1.165, 1.54) is 43.7 Å². The van der Waals surface area contributed by atoms with Crippen molar-refractivity contribution in [1.29, 1.82) is 0 Å². The summed E-state index contributed by atoms with van der Waals surface area (Å²) in [6.07, 6.45) is 3.97. The maximum absolute atomic E-state index is 4.90. The van der Waals surface area contributed by atoms with Crippen LogP contribution in [0.4, 0.5) is 0 Å². The Balaban J connectivity index is 1.05. The maximum atomic E-state index is 4.90. The van der Waals surface area contributed by atoms with Crippen LogP contribution < -0.4 is 0 Å². The number of para-hydroxylation sites is 2. The first-order chi connectivity index (χ1) is 25.2. The molecule has 2 aliphatic heterocycles. The summed E-state index contributed by atoms with van der Waals surface area (Å²) in [6.45, 7) is 8.70. The molecular weight excluding hydrogens is 677 g/mol. The van der Waals surface area contributed by atoms with Gasteiger partial charge >= 0.3 is 0 Å². The second-order valence-corrected chi connectivity index (χ2v) is 16.9. The molecule has 6 nitrogen and oxygen atoms in total. The second kappa shape index (κ2) is 11.7. The van der Waals surface area contributed by atoms with Gasteiger partial charge in [0.2, 0.25) is 0 Å². The first-order valence-electron chi connectivity index (χ1n) is 17.7. The Bertz CT molecular complexity index is 2590. The first kappa shape index (κ1) is 31.5. The highest BCUT2D eigenvalue weighted by atomic mass is 32.2. The third-order valence-electron chi connectivity index (χ3n) is 10.1. The van der Waals surface area contributed by atoms with Crippen molar-refractivity contribution in [2.24, 2.45) is 9.98 Å². The fraction of sp³-hybridized carbons (Fsp3) is 0.182. The minimum atomic E-state index is -0.0432. The molecule has 0 bridgehead atoms. The zero-order chi connectivity index (χ0) is 35.2. The van der Waals surface area contributed by atoms with Crippen LogP contribution >= 0.6 is 23.5 Å². The van der Waals surface area contributed by atoms with Crippen molar-refractivity contribution in [1.82, 2.24) is 19.1 Å². The molecule has 0 saturated carbocycles. The van der Waals surface area contributed by atoms with E-state index in [0.717, 1.165) is 55.4 Å². The molecule has 254 valence electrons. The van der Waals surface area contributed by atoms with E-state index in [0.29, 0.717) is 0 Å². The average molecular weight is 713 g/mol. The normalized spacial score (nSPS) is 16.7. The van der Waals surface area contributed by atoms with Crippen molar-refractivity contribution in [3.63, 3.8) is 0 Å². The number of pyridine rings is 2. The van der Waals surface area contributed by atoms with Crippen LogP contribution in [0, 0.1) is 0 Å². The summed E-state index contributed by atoms with van der Waals surface area (Å²) in [5.74, 6) is 1.96. The fourth-order valence-corrected chi connectivity index (χ4v) is 9.85. The lowest BCUT2D eigenvalue weighted by Gasteiger charge is -2.10. The highest BCUT2D eigenvalue weighted by molar-refractivity contribution is 8.15. The van der Waals surface area contributed by atoms with Gasteiger partial charge in [-0.3, -0.25) is 20.0 Å². The van der Waals surface area contributed by atoms with Gasteiger partial charge in [0.1, 0.15) is 10.1 Å². The van der Waals surface area contributed by atoms with Gasteiger partial charge in [-0.2, -0.15) is 0 Å².